The minimum atomic E-state index is -0.316. The van der Waals surface area contributed by atoms with Gasteiger partial charge in [0.05, 0.1) is 11.3 Å². The first-order valence-corrected chi connectivity index (χ1v) is 8.00. The second-order valence-electron chi connectivity index (χ2n) is 6.17. The molecule has 2 aliphatic rings. The number of anilines is 1. The number of esters is 1. The molecule has 1 atom stereocenters. The van der Waals surface area contributed by atoms with Crippen LogP contribution in [0.1, 0.15) is 23.5 Å². The maximum Gasteiger partial charge on any atom is 0.336 e. The predicted molar refractivity (Wildman–Crippen MR) is 90.5 cm³/mol. The zero-order chi connectivity index (χ0) is 16.7. The number of hydrogen-bond donors (Lipinski definition) is 0. The van der Waals surface area contributed by atoms with Crippen molar-refractivity contribution < 1.29 is 14.3 Å². The molecule has 0 saturated heterocycles. The number of cyclic esters (lactones) is 1. The molecule has 2 heterocycles. The highest BCUT2D eigenvalue weighted by atomic mass is 16.5. The topological polar surface area (TPSA) is 46.6 Å². The molecule has 0 spiro atoms. The highest BCUT2D eigenvalue weighted by Gasteiger charge is 2.42. The second-order valence-corrected chi connectivity index (χ2v) is 6.17. The third-order valence-corrected chi connectivity index (χ3v) is 4.58. The summed E-state index contributed by atoms with van der Waals surface area (Å²) in [5, 5.41) is 0. The van der Waals surface area contributed by atoms with Crippen LogP contribution in [0.25, 0.3) is 0 Å². The van der Waals surface area contributed by atoms with Gasteiger partial charge in [0, 0.05) is 18.0 Å². The maximum absolute atomic E-state index is 12.9. The van der Waals surface area contributed by atoms with E-state index in [4.69, 9.17) is 4.74 Å². The summed E-state index contributed by atoms with van der Waals surface area (Å²) in [6.45, 7) is 2.13. The molecule has 0 fully saturated rings. The first-order valence-electron chi connectivity index (χ1n) is 8.00. The van der Waals surface area contributed by atoms with Crippen LogP contribution in [0.4, 0.5) is 5.69 Å². The highest BCUT2D eigenvalue weighted by molar-refractivity contribution is 6.06. The van der Waals surface area contributed by atoms with Gasteiger partial charge in [-0.25, -0.2) is 4.79 Å². The molecule has 2 aromatic carbocycles. The Balaban J connectivity index is 1.84. The number of nitrogens with zero attached hydrogens (tertiary/aromatic N) is 1. The molecule has 0 aliphatic carbocycles. The van der Waals surface area contributed by atoms with Gasteiger partial charge in [-0.1, -0.05) is 42.5 Å². The second kappa shape index (κ2) is 5.64. The van der Waals surface area contributed by atoms with E-state index in [1.54, 1.807) is 4.90 Å². The van der Waals surface area contributed by atoms with Gasteiger partial charge in [-0.15, -0.1) is 0 Å². The molecule has 4 heteroatoms. The summed E-state index contributed by atoms with van der Waals surface area (Å²) in [4.78, 5) is 26.8. The van der Waals surface area contributed by atoms with E-state index >= 15 is 0 Å². The lowest BCUT2D eigenvalue weighted by atomic mass is 9.84. The average Bonchev–Trinajstić information content (AvgIpc) is 2.96. The largest absolute Gasteiger partial charge is 0.456 e. The molecule has 2 aliphatic heterocycles. The van der Waals surface area contributed by atoms with Crippen molar-refractivity contribution in [3.05, 3.63) is 77.0 Å². The quantitative estimate of drug-likeness (QED) is 0.798. The van der Waals surface area contributed by atoms with Gasteiger partial charge in [-0.05, 0) is 30.2 Å². The van der Waals surface area contributed by atoms with E-state index in [-0.39, 0.29) is 30.8 Å². The van der Waals surface area contributed by atoms with E-state index in [9.17, 15) is 9.59 Å². The Bertz CT molecular complexity index is 854. The Hall–Kier alpha value is -2.88. The van der Waals surface area contributed by atoms with Crippen molar-refractivity contribution in [1.82, 2.24) is 0 Å². The van der Waals surface area contributed by atoms with Crippen LogP contribution in [0.5, 0.6) is 0 Å². The van der Waals surface area contributed by atoms with E-state index in [0.29, 0.717) is 11.3 Å². The SMILES string of the molecule is Cc1cccc(N2C(=O)C[C@@H](c3ccccc3)C3=C2COC3=O)c1. The Morgan fingerprint density at radius 1 is 1.04 bits per heavy atom. The summed E-state index contributed by atoms with van der Waals surface area (Å²) in [6.07, 6.45) is 0.270. The Labute approximate surface area is 140 Å². The fourth-order valence-electron chi connectivity index (χ4n) is 3.49. The number of amides is 1. The van der Waals surface area contributed by atoms with Crippen LogP contribution in [-0.4, -0.2) is 18.5 Å². The lowest BCUT2D eigenvalue weighted by Gasteiger charge is -2.32. The zero-order valence-corrected chi connectivity index (χ0v) is 13.4. The molecular formula is C20H17NO3. The van der Waals surface area contributed by atoms with Crippen molar-refractivity contribution in [3.8, 4) is 0 Å². The van der Waals surface area contributed by atoms with Gasteiger partial charge in [0.1, 0.15) is 6.61 Å². The lowest BCUT2D eigenvalue weighted by Crippen LogP contribution is -2.37. The van der Waals surface area contributed by atoms with E-state index in [2.05, 4.69) is 0 Å². The fraction of sp³-hybridized carbons (Fsp3) is 0.200. The normalized spacial score (nSPS) is 20.2. The highest BCUT2D eigenvalue weighted by Crippen LogP contribution is 2.41. The fourth-order valence-corrected chi connectivity index (χ4v) is 3.49. The van der Waals surface area contributed by atoms with Crippen LogP contribution >= 0.6 is 0 Å². The summed E-state index contributed by atoms with van der Waals surface area (Å²) in [5.41, 5.74) is 4.12. The summed E-state index contributed by atoms with van der Waals surface area (Å²) in [5.74, 6) is -0.555. The van der Waals surface area contributed by atoms with Crippen LogP contribution in [0.2, 0.25) is 0 Å². The monoisotopic (exact) mass is 319 g/mol. The van der Waals surface area contributed by atoms with Crippen LogP contribution < -0.4 is 4.90 Å². The summed E-state index contributed by atoms with van der Waals surface area (Å²) < 4.78 is 5.28. The summed E-state index contributed by atoms with van der Waals surface area (Å²) >= 11 is 0. The van der Waals surface area contributed by atoms with Gasteiger partial charge >= 0.3 is 5.97 Å². The van der Waals surface area contributed by atoms with E-state index in [1.807, 2.05) is 61.5 Å². The van der Waals surface area contributed by atoms with Gasteiger partial charge in [-0.3, -0.25) is 9.69 Å². The van der Waals surface area contributed by atoms with Crippen molar-refractivity contribution in [2.24, 2.45) is 0 Å². The molecular weight excluding hydrogens is 302 g/mol. The molecule has 0 unspecified atom stereocenters. The predicted octanol–water partition coefficient (Wildman–Crippen LogP) is 3.33. The molecule has 2 aromatic rings. The van der Waals surface area contributed by atoms with Crippen molar-refractivity contribution in [1.29, 1.82) is 0 Å². The number of rotatable bonds is 2. The number of aryl methyl sites for hydroxylation is 1. The smallest absolute Gasteiger partial charge is 0.336 e. The van der Waals surface area contributed by atoms with Crippen LogP contribution in [0.3, 0.4) is 0 Å². The maximum atomic E-state index is 12.9. The van der Waals surface area contributed by atoms with Crippen molar-refractivity contribution >= 4 is 17.6 Å². The van der Waals surface area contributed by atoms with E-state index < -0.39 is 0 Å². The van der Waals surface area contributed by atoms with Gasteiger partial charge < -0.3 is 4.74 Å². The number of ether oxygens (including phenoxy) is 1. The van der Waals surface area contributed by atoms with Gasteiger partial charge in [0.15, 0.2) is 0 Å². The molecule has 0 aromatic heterocycles. The molecule has 4 nitrogen and oxygen atoms in total. The van der Waals surface area contributed by atoms with Gasteiger partial charge in [0.25, 0.3) is 0 Å². The van der Waals surface area contributed by atoms with Crippen molar-refractivity contribution in [2.75, 3.05) is 11.5 Å². The standard InChI is InChI=1S/C20H17NO3/c1-13-6-5-9-15(10-13)21-17-12-24-20(23)19(17)16(11-18(21)22)14-7-3-2-4-8-14/h2-10,16H,11-12H2,1H3/t16-/m0/s1. The Morgan fingerprint density at radius 3 is 2.58 bits per heavy atom. The van der Waals surface area contributed by atoms with Crippen molar-refractivity contribution in [2.45, 2.75) is 19.3 Å². The van der Waals surface area contributed by atoms with Crippen molar-refractivity contribution in [3.63, 3.8) is 0 Å². The lowest BCUT2D eigenvalue weighted by molar-refractivity contribution is -0.136. The number of carbonyl (C=O) groups is 2. The number of hydrogen-bond acceptors (Lipinski definition) is 3. The zero-order valence-electron chi connectivity index (χ0n) is 13.4. The number of carbonyl (C=O) groups excluding carboxylic acids is 2. The third-order valence-electron chi connectivity index (χ3n) is 4.58. The van der Waals surface area contributed by atoms with Crippen LogP contribution in [-0.2, 0) is 14.3 Å². The summed E-state index contributed by atoms with van der Waals surface area (Å²) in [6, 6.07) is 17.4. The van der Waals surface area contributed by atoms with Gasteiger partial charge in [0.2, 0.25) is 5.91 Å². The molecule has 120 valence electrons. The summed E-state index contributed by atoms with van der Waals surface area (Å²) in [7, 11) is 0. The van der Waals surface area contributed by atoms with E-state index in [0.717, 1.165) is 16.8 Å². The number of benzene rings is 2. The molecule has 24 heavy (non-hydrogen) atoms. The molecule has 4 rings (SSSR count). The first-order chi connectivity index (χ1) is 11.6. The minimum Gasteiger partial charge on any atom is -0.456 e. The molecule has 0 bridgehead atoms. The molecule has 0 radical (unpaired) electrons. The molecule has 1 amide bonds. The minimum absolute atomic E-state index is 0.00787. The Kier molecular flexibility index (Phi) is 3.45. The third kappa shape index (κ3) is 2.31. The molecule has 0 saturated carbocycles. The van der Waals surface area contributed by atoms with Gasteiger partial charge in [-0.2, -0.15) is 0 Å². The van der Waals surface area contributed by atoms with Crippen LogP contribution in [0.15, 0.2) is 65.9 Å². The van der Waals surface area contributed by atoms with Crippen LogP contribution in [0, 0.1) is 6.92 Å². The van der Waals surface area contributed by atoms with E-state index in [1.165, 1.54) is 0 Å². The first kappa shape index (κ1) is 14.7. The average molecular weight is 319 g/mol. The molecule has 0 N–H and O–H groups in total. The Morgan fingerprint density at radius 2 is 1.83 bits per heavy atom.